The molecule has 4 rings (SSSR count). The van der Waals surface area contributed by atoms with Crippen LogP contribution in [-0.2, 0) is 26.2 Å². The molecule has 0 radical (unpaired) electrons. The normalized spacial score (nSPS) is 14.5. The van der Waals surface area contributed by atoms with Crippen LogP contribution in [0, 0.1) is 6.92 Å². The van der Waals surface area contributed by atoms with Crippen LogP contribution >= 0.6 is 0 Å². The van der Waals surface area contributed by atoms with Crippen molar-refractivity contribution >= 4 is 27.5 Å². The molecule has 1 aliphatic rings. The molecular weight excluding hydrogens is 550 g/mol. The second kappa shape index (κ2) is 14.4. The first-order valence-corrected chi connectivity index (χ1v) is 16.0. The number of anilines is 1. The fraction of sp³-hybridized carbons (Fsp3) is 0.394. The molecule has 2 amide bonds. The van der Waals surface area contributed by atoms with Crippen LogP contribution in [0.25, 0.3) is 0 Å². The number of nitrogens with zero attached hydrogens (tertiary/aromatic N) is 2. The van der Waals surface area contributed by atoms with Gasteiger partial charge in [0.15, 0.2) is 0 Å². The van der Waals surface area contributed by atoms with Crippen molar-refractivity contribution in [3.8, 4) is 5.75 Å². The summed E-state index contributed by atoms with van der Waals surface area (Å²) in [6, 6.07) is 21.8. The fourth-order valence-corrected chi connectivity index (χ4v) is 6.97. The molecule has 0 heterocycles. The molecule has 1 fully saturated rings. The first-order valence-electron chi connectivity index (χ1n) is 14.6. The second-order valence-electron chi connectivity index (χ2n) is 10.7. The number of rotatable bonds is 12. The summed E-state index contributed by atoms with van der Waals surface area (Å²) in [6.45, 7) is 3.38. The van der Waals surface area contributed by atoms with Crippen molar-refractivity contribution in [2.24, 2.45) is 0 Å². The maximum Gasteiger partial charge on any atom is 0.264 e. The molecule has 224 valence electrons. The van der Waals surface area contributed by atoms with Crippen molar-refractivity contribution in [2.45, 2.75) is 75.9 Å². The zero-order valence-corrected chi connectivity index (χ0v) is 25.5. The molecule has 0 aliphatic heterocycles. The van der Waals surface area contributed by atoms with E-state index < -0.39 is 28.5 Å². The third kappa shape index (κ3) is 7.50. The van der Waals surface area contributed by atoms with Crippen LogP contribution in [0.4, 0.5) is 5.69 Å². The van der Waals surface area contributed by atoms with E-state index in [1.54, 1.807) is 49.6 Å². The van der Waals surface area contributed by atoms with Gasteiger partial charge in [0, 0.05) is 12.6 Å². The Morgan fingerprint density at radius 3 is 2.19 bits per heavy atom. The standard InChI is InChI=1S/C33H41N3O5S/c1-4-30(33(38)34-27-14-7-5-8-15-27)35(23-26-19-21-28(41-3)22-20-26)32(37)24-36(31-18-12-11-13-25(31)2)42(39,40)29-16-9-6-10-17-29/h6,9-13,16-22,27,30H,4-5,7-8,14-15,23-24H2,1-3H3,(H,34,38)/t30-/m0/s1. The molecule has 3 aromatic carbocycles. The highest BCUT2D eigenvalue weighted by atomic mass is 32.2. The number of carbonyl (C=O) groups excluding carboxylic acids is 2. The van der Waals surface area contributed by atoms with E-state index in [1.165, 1.54) is 17.0 Å². The summed E-state index contributed by atoms with van der Waals surface area (Å²) in [5.74, 6) is 0.0113. The van der Waals surface area contributed by atoms with Gasteiger partial charge in [0.2, 0.25) is 11.8 Å². The molecule has 0 aromatic heterocycles. The third-order valence-corrected chi connectivity index (χ3v) is 9.62. The van der Waals surface area contributed by atoms with Crippen molar-refractivity contribution in [3.63, 3.8) is 0 Å². The first kappa shape index (κ1) is 31.1. The number of amides is 2. The van der Waals surface area contributed by atoms with E-state index >= 15 is 0 Å². The van der Waals surface area contributed by atoms with Gasteiger partial charge < -0.3 is 15.0 Å². The number of nitrogens with one attached hydrogen (secondary N) is 1. The second-order valence-corrected chi connectivity index (χ2v) is 12.6. The van der Waals surface area contributed by atoms with E-state index in [4.69, 9.17) is 4.74 Å². The Labute approximate surface area is 249 Å². The lowest BCUT2D eigenvalue weighted by molar-refractivity contribution is -0.140. The van der Waals surface area contributed by atoms with E-state index in [-0.39, 0.29) is 23.4 Å². The van der Waals surface area contributed by atoms with Gasteiger partial charge in [0.25, 0.3) is 10.0 Å². The highest BCUT2D eigenvalue weighted by Crippen LogP contribution is 2.28. The lowest BCUT2D eigenvalue weighted by Gasteiger charge is -2.34. The molecule has 8 nitrogen and oxygen atoms in total. The topological polar surface area (TPSA) is 96.0 Å². The minimum atomic E-state index is -4.09. The van der Waals surface area contributed by atoms with E-state index in [2.05, 4.69) is 5.32 Å². The molecule has 1 atom stereocenters. The van der Waals surface area contributed by atoms with Crippen LogP contribution in [-0.4, -0.2) is 50.9 Å². The Bertz CT molecular complexity index is 1440. The Morgan fingerprint density at radius 1 is 0.929 bits per heavy atom. The third-order valence-electron chi connectivity index (χ3n) is 7.84. The van der Waals surface area contributed by atoms with Gasteiger partial charge in [0.05, 0.1) is 17.7 Å². The van der Waals surface area contributed by atoms with Gasteiger partial charge in [-0.15, -0.1) is 0 Å². The zero-order chi connectivity index (χ0) is 30.1. The summed E-state index contributed by atoms with van der Waals surface area (Å²) < 4.78 is 34.4. The van der Waals surface area contributed by atoms with Crippen LogP contribution in [0.1, 0.15) is 56.6 Å². The predicted octanol–water partition coefficient (Wildman–Crippen LogP) is 5.46. The lowest BCUT2D eigenvalue weighted by atomic mass is 9.95. The van der Waals surface area contributed by atoms with Crippen molar-refractivity contribution < 1.29 is 22.7 Å². The largest absolute Gasteiger partial charge is 0.497 e. The number of hydrogen-bond acceptors (Lipinski definition) is 5. The summed E-state index contributed by atoms with van der Waals surface area (Å²) in [4.78, 5) is 29.5. The van der Waals surface area contributed by atoms with Crippen molar-refractivity contribution in [2.75, 3.05) is 18.0 Å². The number of ether oxygens (including phenoxy) is 1. The van der Waals surface area contributed by atoms with E-state index in [9.17, 15) is 18.0 Å². The van der Waals surface area contributed by atoms with E-state index in [0.717, 1.165) is 42.0 Å². The van der Waals surface area contributed by atoms with Gasteiger partial charge in [-0.2, -0.15) is 0 Å². The molecule has 42 heavy (non-hydrogen) atoms. The minimum Gasteiger partial charge on any atom is -0.497 e. The van der Waals surface area contributed by atoms with Crippen molar-refractivity contribution in [1.29, 1.82) is 0 Å². The van der Waals surface area contributed by atoms with Gasteiger partial charge in [-0.25, -0.2) is 8.42 Å². The zero-order valence-electron chi connectivity index (χ0n) is 24.7. The summed E-state index contributed by atoms with van der Waals surface area (Å²) in [6.07, 6.45) is 5.53. The van der Waals surface area contributed by atoms with Gasteiger partial charge in [-0.1, -0.05) is 74.7 Å². The number of aryl methyl sites for hydroxylation is 1. The van der Waals surface area contributed by atoms with Crippen molar-refractivity contribution in [3.05, 3.63) is 90.0 Å². The van der Waals surface area contributed by atoms with Gasteiger partial charge in [-0.3, -0.25) is 13.9 Å². The Kier molecular flexibility index (Phi) is 10.6. The van der Waals surface area contributed by atoms with Crippen LogP contribution in [0.2, 0.25) is 0 Å². The SMILES string of the molecule is CC[C@@H](C(=O)NC1CCCCC1)N(Cc1ccc(OC)cc1)C(=O)CN(c1ccccc1C)S(=O)(=O)c1ccccc1. The van der Waals surface area contributed by atoms with Gasteiger partial charge >= 0.3 is 0 Å². The molecule has 3 aromatic rings. The molecule has 1 N–H and O–H groups in total. The number of methoxy groups -OCH3 is 1. The summed E-state index contributed by atoms with van der Waals surface area (Å²) in [7, 11) is -2.51. The predicted molar refractivity (Wildman–Crippen MR) is 165 cm³/mol. The fourth-order valence-electron chi connectivity index (χ4n) is 5.47. The average molecular weight is 592 g/mol. The van der Waals surface area contributed by atoms with Gasteiger partial charge in [0.1, 0.15) is 18.3 Å². The van der Waals surface area contributed by atoms with Crippen molar-refractivity contribution in [1.82, 2.24) is 10.2 Å². The molecule has 9 heteroatoms. The minimum absolute atomic E-state index is 0.0835. The molecular formula is C33H41N3O5S. The van der Waals surface area contributed by atoms with E-state index in [1.807, 2.05) is 38.1 Å². The summed E-state index contributed by atoms with van der Waals surface area (Å²) >= 11 is 0. The number of benzene rings is 3. The highest BCUT2D eigenvalue weighted by molar-refractivity contribution is 7.92. The van der Waals surface area contributed by atoms with Crippen LogP contribution in [0.3, 0.4) is 0 Å². The number of para-hydroxylation sites is 1. The Hall–Kier alpha value is -3.85. The smallest absolute Gasteiger partial charge is 0.264 e. The highest BCUT2D eigenvalue weighted by Gasteiger charge is 2.34. The first-order chi connectivity index (χ1) is 20.2. The molecule has 0 saturated heterocycles. The number of sulfonamides is 1. The quantitative estimate of drug-likeness (QED) is 0.302. The maximum atomic E-state index is 14.3. The Morgan fingerprint density at radius 2 is 1.57 bits per heavy atom. The molecule has 1 aliphatic carbocycles. The summed E-state index contributed by atoms with van der Waals surface area (Å²) in [5.41, 5.74) is 1.94. The lowest BCUT2D eigenvalue weighted by Crippen LogP contribution is -2.54. The van der Waals surface area contributed by atoms with Crippen LogP contribution in [0.5, 0.6) is 5.75 Å². The molecule has 0 bridgehead atoms. The van der Waals surface area contributed by atoms with Crippen LogP contribution < -0.4 is 14.4 Å². The molecule has 0 unspecified atom stereocenters. The average Bonchev–Trinajstić information content (AvgIpc) is 3.01. The summed E-state index contributed by atoms with van der Waals surface area (Å²) in [5, 5.41) is 3.17. The Balaban J connectivity index is 1.70. The maximum absolute atomic E-state index is 14.3. The number of hydrogen-bond donors (Lipinski definition) is 1. The van der Waals surface area contributed by atoms with Crippen LogP contribution in [0.15, 0.2) is 83.8 Å². The van der Waals surface area contributed by atoms with Gasteiger partial charge in [-0.05, 0) is 67.6 Å². The molecule has 1 saturated carbocycles. The number of carbonyl (C=O) groups is 2. The van der Waals surface area contributed by atoms with E-state index in [0.29, 0.717) is 23.4 Å². The monoisotopic (exact) mass is 591 g/mol. The molecule has 0 spiro atoms.